The molecule has 27 heavy (non-hydrogen) atoms. The van der Waals surface area contributed by atoms with E-state index in [1.54, 1.807) is 0 Å². The third-order valence-corrected chi connectivity index (χ3v) is 4.81. The molecule has 1 unspecified atom stereocenters. The fourth-order valence-electron chi connectivity index (χ4n) is 1.91. The molecule has 0 saturated carbocycles. The third kappa shape index (κ3) is 5.26. The van der Waals surface area contributed by atoms with E-state index in [4.69, 9.17) is 4.74 Å². The molecule has 2 rings (SSSR count). The number of alkyl halides is 3. The summed E-state index contributed by atoms with van der Waals surface area (Å²) >= 11 is 0. The van der Waals surface area contributed by atoms with Crippen LogP contribution in [0.2, 0.25) is 0 Å². The Morgan fingerprint density at radius 1 is 1.15 bits per heavy atom. The minimum atomic E-state index is -4.60. The van der Waals surface area contributed by atoms with Crippen LogP contribution in [-0.2, 0) is 15.9 Å². The highest BCUT2D eigenvalue weighted by Gasteiger charge is 2.31. The first kappa shape index (κ1) is 20.4. The number of pyridine rings is 1. The summed E-state index contributed by atoms with van der Waals surface area (Å²) in [4.78, 5) is 27.3. The summed E-state index contributed by atoms with van der Waals surface area (Å²) in [6, 6.07) is 6.17. The van der Waals surface area contributed by atoms with E-state index in [9.17, 15) is 27.0 Å². The first-order valence-electron chi connectivity index (χ1n) is 7.28. The minimum Gasteiger partial charge on any atom is -0.497 e. The molecule has 1 N–H and O–H groups in total. The molecule has 2 aromatic rings. The molecule has 144 valence electrons. The number of urea groups is 1. The Morgan fingerprint density at radius 3 is 2.26 bits per heavy atom. The van der Waals surface area contributed by atoms with E-state index in [0.29, 0.717) is 18.0 Å². The monoisotopic (exact) mass is 401 g/mol. The van der Waals surface area contributed by atoms with Gasteiger partial charge < -0.3 is 4.74 Å². The number of carbonyl (C=O) groups excluding carboxylic acids is 2. The molecule has 0 saturated heterocycles. The van der Waals surface area contributed by atoms with Gasteiger partial charge in [-0.2, -0.15) is 13.2 Å². The van der Waals surface area contributed by atoms with E-state index in [0.717, 1.165) is 12.3 Å². The highest BCUT2D eigenvalue weighted by molar-refractivity contribution is 7.93. The minimum absolute atomic E-state index is 0.134. The van der Waals surface area contributed by atoms with E-state index in [1.807, 2.05) is 5.32 Å². The van der Waals surface area contributed by atoms with E-state index in [1.165, 1.54) is 31.4 Å². The molecule has 0 spiro atoms. The summed E-state index contributed by atoms with van der Waals surface area (Å²) in [5.74, 6) is -0.283. The maximum atomic E-state index is 12.5. The van der Waals surface area contributed by atoms with Crippen LogP contribution in [0.1, 0.15) is 15.9 Å². The van der Waals surface area contributed by atoms with Gasteiger partial charge in [0, 0.05) is 18.0 Å². The number of benzene rings is 1. The Labute approximate surface area is 152 Å². The molecule has 1 aromatic heterocycles. The van der Waals surface area contributed by atoms with E-state index in [-0.39, 0.29) is 10.6 Å². The van der Waals surface area contributed by atoms with Crippen LogP contribution in [0, 0.1) is 0 Å². The normalized spacial score (nSPS) is 13.4. The Kier molecular flexibility index (Phi) is 5.84. The lowest BCUT2D eigenvalue weighted by Crippen LogP contribution is -2.28. The fourth-order valence-corrected chi connectivity index (χ4v) is 2.94. The Balaban J connectivity index is 2.16. The molecular formula is C16H14F3N3O4S. The van der Waals surface area contributed by atoms with Gasteiger partial charge in [-0.1, -0.05) is 0 Å². The van der Waals surface area contributed by atoms with Crippen molar-refractivity contribution in [2.75, 3.05) is 13.4 Å². The molecule has 1 atom stereocenters. The number of hydrogen-bond acceptors (Lipinski definition) is 5. The quantitative estimate of drug-likeness (QED) is 0.852. The van der Waals surface area contributed by atoms with Gasteiger partial charge in [0.1, 0.15) is 10.8 Å². The van der Waals surface area contributed by atoms with Gasteiger partial charge in [0.25, 0.3) is 5.91 Å². The number of ether oxygens (including phenoxy) is 1. The number of rotatable bonds is 3. The van der Waals surface area contributed by atoms with Crippen molar-refractivity contribution >= 4 is 21.7 Å². The molecule has 0 fully saturated rings. The van der Waals surface area contributed by atoms with Crippen LogP contribution >= 0.6 is 0 Å². The molecule has 0 aliphatic rings. The smallest absolute Gasteiger partial charge is 0.417 e. The van der Waals surface area contributed by atoms with E-state index < -0.39 is 33.4 Å². The second-order valence-corrected chi connectivity index (χ2v) is 7.47. The molecule has 0 bridgehead atoms. The summed E-state index contributed by atoms with van der Waals surface area (Å²) < 4.78 is 58.4. The van der Waals surface area contributed by atoms with E-state index >= 15 is 0 Å². The molecule has 1 aromatic carbocycles. The molecule has 3 amide bonds. The van der Waals surface area contributed by atoms with Crippen LogP contribution in [0.4, 0.5) is 18.0 Å². The fraction of sp³-hybridized carbons (Fsp3) is 0.188. The van der Waals surface area contributed by atoms with Crippen molar-refractivity contribution < 1.29 is 31.7 Å². The third-order valence-electron chi connectivity index (χ3n) is 3.28. The van der Waals surface area contributed by atoms with Crippen molar-refractivity contribution in [3.05, 3.63) is 53.7 Å². The Hall–Kier alpha value is -2.95. The van der Waals surface area contributed by atoms with Gasteiger partial charge in [-0.25, -0.2) is 14.0 Å². The van der Waals surface area contributed by atoms with Gasteiger partial charge in [0.05, 0.1) is 22.4 Å². The number of hydrogen-bond donors (Lipinski definition) is 1. The first-order valence-corrected chi connectivity index (χ1v) is 9.20. The lowest BCUT2D eigenvalue weighted by molar-refractivity contribution is -0.137. The summed E-state index contributed by atoms with van der Waals surface area (Å²) in [5.41, 5.74) is -0.893. The SMILES string of the molecule is COc1ccc(C(=O)NC(=O)N=S(C)(=O)c2ccc(C(F)(F)F)cn2)cc1. The Bertz CT molecular complexity index is 964. The number of nitrogens with zero attached hydrogens (tertiary/aromatic N) is 2. The molecule has 0 radical (unpaired) electrons. The molecule has 7 nitrogen and oxygen atoms in total. The van der Waals surface area contributed by atoms with Crippen molar-refractivity contribution in [2.45, 2.75) is 11.2 Å². The number of aromatic nitrogens is 1. The van der Waals surface area contributed by atoms with Crippen LogP contribution in [0.25, 0.3) is 0 Å². The highest BCUT2D eigenvalue weighted by Crippen LogP contribution is 2.28. The van der Waals surface area contributed by atoms with Crippen molar-refractivity contribution in [3.8, 4) is 5.75 Å². The predicted octanol–water partition coefficient (Wildman–Crippen LogP) is 3.12. The molecular weight excluding hydrogens is 387 g/mol. The lowest BCUT2D eigenvalue weighted by atomic mass is 10.2. The molecule has 0 aliphatic carbocycles. The van der Waals surface area contributed by atoms with Crippen molar-refractivity contribution in [1.29, 1.82) is 0 Å². The lowest BCUT2D eigenvalue weighted by Gasteiger charge is -2.08. The predicted molar refractivity (Wildman–Crippen MR) is 89.9 cm³/mol. The highest BCUT2D eigenvalue weighted by atomic mass is 32.2. The zero-order chi connectivity index (χ0) is 20.2. The van der Waals surface area contributed by atoms with Crippen LogP contribution in [0.3, 0.4) is 0 Å². The molecule has 1 heterocycles. The maximum Gasteiger partial charge on any atom is 0.417 e. The number of imide groups is 1. The topological polar surface area (TPSA) is 97.7 Å². The second kappa shape index (κ2) is 7.74. The zero-order valence-electron chi connectivity index (χ0n) is 14.1. The second-order valence-electron chi connectivity index (χ2n) is 5.26. The van der Waals surface area contributed by atoms with Crippen LogP contribution in [0.5, 0.6) is 5.75 Å². The maximum absolute atomic E-state index is 12.5. The number of carbonyl (C=O) groups is 2. The van der Waals surface area contributed by atoms with Gasteiger partial charge in [0.15, 0.2) is 0 Å². The number of methoxy groups -OCH3 is 1. The largest absolute Gasteiger partial charge is 0.497 e. The van der Waals surface area contributed by atoms with Gasteiger partial charge in [-0.15, -0.1) is 4.36 Å². The van der Waals surface area contributed by atoms with Crippen LogP contribution in [-0.4, -0.2) is 34.5 Å². The Morgan fingerprint density at radius 2 is 1.78 bits per heavy atom. The standard InChI is InChI=1S/C16H14F3N3O4S/c1-26-12-6-3-10(4-7-12)14(23)21-15(24)22-27(2,25)13-8-5-11(9-20-13)16(17,18)19/h3-9H,1-2H3,(H,21,23,24). The average Bonchev–Trinajstić information content (AvgIpc) is 2.60. The van der Waals surface area contributed by atoms with Gasteiger partial charge in [-0.05, 0) is 36.4 Å². The summed E-state index contributed by atoms with van der Waals surface area (Å²) in [6.45, 7) is 0. The first-order chi connectivity index (χ1) is 12.5. The van der Waals surface area contributed by atoms with Gasteiger partial charge in [0.2, 0.25) is 0 Å². The van der Waals surface area contributed by atoms with Crippen molar-refractivity contribution in [3.63, 3.8) is 0 Å². The van der Waals surface area contributed by atoms with Gasteiger partial charge in [-0.3, -0.25) is 10.1 Å². The summed E-state index contributed by atoms with van der Waals surface area (Å²) in [7, 11) is -2.00. The molecule has 0 aliphatic heterocycles. The van der Waals surface area contributed by atoms with Crippen LogP contribution < -0.4 is 10.1 Å². The number of nitrogens with one attached hydrogen (secondary N) is 1. The average molecular weight is 401 g/mol. The summed E-state index contributed by atoms with van der Waals surface area (Å²) in [5, 5.41) is 1.61. The summed E-state index contributed by atoms with van der Waals surface area (Å²) in [6.07, 6.45) is -3.08. The number of halogens is 3. The van der Waals surface area contributed by atoms with Crippen molar-refractivity contribution in [2.24, 2.45) is 4.36 Å². The number of amides is 3. The molecule has 11 heteroatoms. The van der Waals surface area contributed by atoms with Crippen LogP contribution in [0.15, 0.2) is 52.0 Å². The van der Waals surface area contributed by atoms with E-state index in [2.05, 4.69) is 9.35 Å². The van der Waals surface area contributed by atoms with Crippen molar-refractivity contribution in [1.82, 2.24) is 10.3 Å². The zero-order valence-corrected chi connectivity index (χ0v) is 14.9. The van der Waals surface area contributed by atoms with Gasteiger partial charge >= 0.3 is 12.2 Å².